The number of esters is 3. The van der Waals surface area contributed by atoms with Gasteiger partial charge in [-0.2, -0.15) is 0 Å². The van der Waals surface area contributed by atoms with Gasteiger partial charge in [-0.05, 0) is 70.3 Å². The standard InChI is InChI=1S/C37H56O11S2.CH2O/c1-24(2)37-32(35(4)36(5,47-33(37)48-37)34(3)15-13-26-27(22-45-31(26)40)28(34)23-46-35)44-16-9-8-12-30(39)43-20-18-41-17-19-42-29(38)11-7-6-10-25-14-21-49-50-25;1-2/h24-25,28,32-33H,6-23H2,1-5H3;1H2/t25?,28-,32-,33+,34-,35+,36+,37+;/m0./s1. The molecule has 0 aromatic rings. The zero-order valence-electron chi connectivity index (χ0n) is 31.5. The first-order valence-electron chi connectivity index (χ1n) is 18.9. The number of fused-ring (bicyclic) bond motifs is 5. The SMILES string of the molecule is C=O.CC(C)[C@]12O[C@H]1O[C@]1(C)[C@@]3(C)CCC4=C(COC4=O)[C@@H]3CO[C@]1(C)[C@@H]2OCCCCC(=O)OCCOCCOC(=O)CCCCC1CCSS1. The van der Waals surface area contributed by atoms with E-state index in [9.17, 15) is 14.4 Å². The van der Waals surface area contributed by atoms with Crippen molar-refractivity contribution in [3.05, 3.63) is 11.1 Å². The van der Waals surface area contributed by atoms with Gasteiger partial charge in [-0.1, -0.05) is 48.8 Å². The second kappa shape index (κ2) is 17.8. The number of cyclic esters (lactones) is 1. The van der Waals surface area contributed by atoms with Gasteiger partial charge in [-0.3, -0.25) is 9.59 Å². The summed E-state index contributed by atoms with van der Waals surface area (Å²) < 4.78 is 48.3. The molecule has 5 aliphatic heterocycles. The minimum atomic E-state index is -0.804. The summed E-state index contributed by atoms with van der Waals surface area (Å²) in [5.74, 6) is 0.720. The summed E-state index contributed by atoms with van der Waals surface area (Å²) in [7, 11) is 3.92. The highest BCUT2D eigenvalue weighted by Gasteiger charge is 2.82. The minimum Gasteiger partial charge on any atom is -0.463 e. The molecule has 52 heavy (non-hydrogen) atoms. The van der Waals surface area contributed by atoms with Gasteiger partial charge in [-0.25, -0.2) is 4.79 Å². The number of epoxide rings is 1. The fourth-order valence-electron chi connectivity index (χ4n) is 8.91. The second-order valence-electron chi connectivity index (χ2n) is 15.4. The first kappa shape index (κ1) is 41.5. The molecular formula is C38H58O12S2. The molecule has 0 amide bonds. The van der Waals surface area contributed by atoms with Gasteiger partial charge < -0.3 is 42.7 Å². The third-order valence-electron chi connectivity index (χ3n) is 12.4. The number of carbonyl (C=O) groups excluding carboxylic acids is 4. The lowest BCUT2D eigenvalue weighted by atomic mass is 9.50. The third kappa shape index (κ3) is 8.14. The highest BCUT2D eigenvalue weighted by molar-refractivity contribution is 8.77. The van der Waals surface area contributed by atoms with Crippen LogP contribution in [0.2, 0.25) is 0 Å². The van der Waals surface area contributed by atoms with Crippen molar-refractivity contribution < 1.29 is 57.1 Å². The first-order chi connectivity index (χ1) is 25.0. The topological polar surface area (TPSA) is 145 Å². The highest BCUT2D eigenvalue weighted by Crippen LogP contribution is 2.68. The summed E-state index contributed by atoms with van der Waals surface area (Å²) in [4.78, 5) is 44.7. The molecule has 12 nitrogen and oxygen atoms in total. The molecule has 0 bridgehead atoms. The molecule has 1 unspecified atom stereocenters. The maximum Gasteiger partial charge on any atom is 0.334 e. The van der Waals surface area contributed by atoms with Crippen LogP contribution in [0.15, 0.2) is 11.1 Å². The Bertz CT molecular complexity index is 1300. The summed E-state index contributed by atoms with van der Waals surface area (Å²) in [6.45, 7) is 14.9. The number of rotatable bonds is 18. The maximum absolute atomic E-state index is 12.4. The Hall–Kier alpha value is -1.68. The van der Waals surface area contributed by atoms with Gasteiger partial charge >= 0.3 is 17.9 Å². The minimum absolute atomic E-state index is 0.0139. The molecule has 0 spiro atoms. The van der Waals surface area contributed by atoms with Gasteiger partial charge in [0.25, 0.3) is 0 Å². The summed E-state index contributed by atoms with van der Waals surface area (Å²) >= 11 is 0. The van der Waals surface area contributed by atoms with Crippen LogP contribution in [-0.4, -0.2) is 111 Å². The molecule has 0 N–H and O–H groups in total. The summed E-state index contributed by atoms with van der Waals surface area (Å²) in [6, 6.07) is 0. The van der Waals surface area contributed by atoms with Crippen molar-refractivity contribution in [2.24, 2.45) is 17.3 Å². The molecule has 0 saturated carbocycles. The van der Waals surface area contributed by atoms with E-state index in [2.05, 4.69) is 34.6 Å². The predicted octanol–water partition coefficient (Wildman–Crippen LogP) is 5.77. The average molecular weight is 771 g/mol. The van der Waals surface area contributed by atoms with Gasteiger partial charge in [0.2, 0.25) is 0 Å². The van der Waals surface area contributed by atoms with Crippen LogP contribution in [0.25, 0.3) is 0 Å². The smallest absolute Gasteiger partial charge is 0.334 e. The Balaban J connectivity index is 0.00000257. The van der Waals surface area contributed by atoms with E-state index in [1.807, 2.05) is 28.4 Å². The van der Waals surface area contributed by atoms with Crippen LogP contribution in [0, 0.1) is 17.3 Å². The van der Waals surface area contributed by atoms with E-state index in [1.165, 1.54) is 18.6 Å². The Labute approximate surface area is 316 Å². The molecule has 1 aliphatic carbocycles. The molecule has 4 fully saturated rings. The fourth-order valence-corrected chi connectivity index (χ4v) is 11.9. The Morgan fingerprint density at radius 1 is 0.942 bits per heavy atom. The number of unbranched alkanes of at least 4 members (excludes halogenated alkanes) is 2. The van der Waals surface area contributed by atoms with Crippen molar-refractivity contribution in [2.45, 2.75) is 133 Å². The van der Waals surface area contributed by atoms with Crippen molar-refractivity contribution >= 4 is 46.3 Å². The Morgan fingerprint density at radius 2 is 1.63 bits per heavy atom. The van der Waals surface area contributed by atoms with Crippen molar-refractivity contribution in [3.63, 3.8) is 0 Å². The normalized spacial score (nSPS) is 35.8. The molecule has 294 valence electrons. The first-order valence-corrected chi connectivity index (χ1v) is 21.3. The molecule has 6 rings (SSSR count). The average Bonchev–Trinajstić information content (AvgIpc) is 3.40. The van der Waals surface area contributed by atoms with Gasteiger partial charge in [0.05, 0.1) is 19.8 Å². The molecular weight excluding hydrogens is 713 g/mol. The highest BCUT2D eigenvalue weighted by atomic mass is 33.1. The number of hydrogen-bond acceptors (Lipinski definition) is 14. The molecule has 0 aromatic carbocycles. The number of carbonyl (C=O) groups is 4. The van der Waals surface area contributed by atoms with Crippen LogP contribution in [-0.2, 0) is 57.1 Å². The van der Waals surface area contributed by atoms with Gasteiger partial charge in [-0.15, -0.1) is 0 Å². The molecule has 6 aliphatic rings. The summed E-state index contributed by atoms with van der Waals surface area (Å²) in [5, 5.41) is 0.738. The van der Waals surface area contributed by atoms with Crippen LogP contribution in [0.3, 0.4) is 0 Å². The van der Waals surface area contributed by atoms with Crippen LogP contribution in [0.5, 0.6) is 0 Å². The Kier molecular flexibility index (Phi) is 14.2. The largest absolute Gasteiger partial charge is 0.463 e. The molecule has 0 radical (unpaired) electrons. The Morgan fingerprint density at radius 3 is 2.29 bits per heavy atom. The van der Waals surface area contributed by atoms with E-state index in [1.54, 1.807) is 0 Å². The lowest BCUT2D eigenvalue weighted by Gasteiger charge is -2.66. The van der Waals surface area contributed by atoms with Crippen LogP contribution < -0.4 is 0 Å². The van der Waals surface area contributed by atoms with Crippen LogP contribution >= 0.6 is 21.6 Å². The van der Waals surface area contributed by atoms with E-state index in [-0.39, 0.29) is 74.1 Å². The van der Waals surface area contributed by atoms with Crippen LogP contribution in [0.4, 0.5) is 0 Å². The second-order valence-corrected chi connectivity index (χ2v) is 18.2. The monoisotopic (exact) mass is 770 g/mol. The number of ether oxygens (including phenoxy) is 8. The lowest BCUT2D eigenvalue weighted by Crippen LogP contribution is -2.78. The van der Waals surface area contributed by atoms with Crippen molar-refractivity contribution in [1.29, 1.82) is 0 Å². The van der Waals surface area contributed by atoms with E-state index in [4.69, 9.17) is 42.7 Å². The molecule has 0 aromatic heterocycles. The van der Waals surface area contributed by atoms with Crippen molar-refractivity contribution in [3.8, 4) is 0 Å². The number of hydrogen-bond donors (Lipinski definition) is 0. The van der Waals surface area contributed by atoms with Gasteiger partial charge in [0.1, 0.15) is 43.9 Å². The zero-order chi connectivity index (χ0) is 37.6. The summed E-state index contributed by atoms with van der Waals surface area (Å²) in [5.41, 5.74) is -0.608. The van der Waals surface area contributed by atoms with Crippen molar-refractivity contribution in [1.82, 2.24) is 0 Å². The quantitative estimate of drug-likeness (QED) is 0.0546. The molecule has 4 saturated heterocycles. The van der Waals surface area contributed by atoms with E-state index < -0.39 is 23.1 Å². The van der Waals surface area contributed by atoms with Crippen molar-refractivity contribution in [2.75, 3.05) is 52.0 Å². The molecule has 8 atom stereocenters. The summed E-state index contributed by atoms with van der Waals surface area (Å²) in [6.07, 6.45) is 7.06. The van der Waals surface area contributed by atoms with Gasteiger partial charge in [0, 0.05) is 47.4 Å². The maximum atomic E-state index is 12.4. The van der Waals surface area contributed by atoms with Gasteiger partial charge in [0.15, 0.2) is 11.9 Å². The predicted molar refractivity (Wildman–Crippen MR) is 195 cm³/mol. The molecule has 5 heterocycles. The zero-order valence-corrected chi connectivity index (χ0v) is 33.2. The van der Waals surface area contributed by atoms with E-state index >= 15 is 0 Å². The van der Waals surface area contributed by atoms with Crippen LogP contribution in [0.1, 0.15) is 98.8 Å². The molecule has 14 heteroatoms. The third-order valence-corrected chi connectivity index (χ3v) is 15.4. The van der Waals surface area contributed by atoms with E-state index in [0.29, 0.717) is 45.5 Å². The fraction of sp³-hybridized carbons (Fsp3) is 0.842. The van der Waals surface area contributed by atoms with E-state index in [0.717, 1.165) is 35.7 Å². The lowest BCUT2D eigenvalue weighted by molar-refractivity contribution is -0.353.